The summed E-state index contributed by atoms with van der Waals surface area (Å²) >= 11 is 0. The van der Waals surface area contributed by atoms with Crippen LogP contribution in [-0.4, -0.2) is 31.1 Å². The third-order valence-corrected chi connectivity index (χ3v) is 4.58. The normalized spacial score (nSPS) is 16.3. The smallest absolute Gasteiger partial charge is 0.290 e. The first-order valence-corrected chi connectivity index (χ1v) is 8.23. The van der Waals surface area contributed by atoms with E-state index in [9.17, 15) is 14.0 Å². The van der Waals surface area contributed by atoms with Gasteiger partial charge >= 0.3 is 0 Å². The highest BCUT2D eigenvalue weighted by molar-refractivity contribution is 5.99. The third-order valence-electron chi connectivity index (χ3n) is 4.58. The summed E-state index contributed by atoms with van der Waals surface area (Å²) in [6.07, 6.45) is 0. The van der Waals surface area contributed by atoms with Crippen molar-refractivity contribution in [2.24, 2.45) is 0 Å². The second kappa shape index (κ2) is 6.38. The van der Waals surface area contributed by atoms with E-state index in [1.165, 1.54) is 12.1 Å². The van der Waals surface area contributed by atoms with Crippen LogP contribution in [0.5, 0.6) is 0 Å². The largest absolute Gasteiger partial charge is 0.450 e. The maximum absolute atomic E-state index is 13.6. The minimum atomic E-state index is -0.585. The molecule has 1 aromatic heterocycles. The molecule has 0 spiro atoms. The summed E-state index contributed by atoms with van der Waals surface area (Å²) in [5.74, 6) is -0.880. The van der Waals surface area contributed by atoms with Crippen molar-refractivity contribution >= 4 is 16.9 Å². The van der Waals surface area contributed by atoms with E-state index in [4.69, 9.17) is 9.15 Å². The lowest BCUT2D eigenvalue weighted by Gasteiger charge is -2.24. The lowest BCUT2D eigenvalue weighted by Crippen LogP contribution is -2.32. The minimum Gasteiger partial charge on any atom is -0.450 e. The van der Waals surface area contributed by atoms with Crippen LogP contribution in [0.1, 0.15) is 27.7 Å². The molecule has 0 saturated carbocycles. The van der Waals surface area contributed by atoms with E-state index < -0.39 is 11.9 Å². The quantitative estimate of drug-likeness (QED) is 0.723. The standard InChI is InChI=1S/C20H16FNO4/c1-25-10-9-22-17(12-5-3-2-4-6-12)16-18(23)14-11-13(21)7-8-15(14)26-19(16)20(22)24/h2-8,11,17H,9-10H2,1H3. The zero-order valence-corrected chi connectivity index (χ0v) is 14.1. The Morgan fingerprint density at radius 3 is 2.65 bits per heavy atom. The number of hydrogen-bond acceptors (Lipinski definition) is 4. The van der Waals surface area contributed by atoms with Crippen LogP contribution in [0.2, 0.25) is 0 Å². The third kappa shape index (κ3) is 2.50. The molecular formula is C20H16FNO4. The number of carbonyl (C=O) groups is 1. The molecule has 5 nitrogen and oxygen atoms in total. The topological polar surface area (TPSA) is 59.8 Å². The molecule has 4 rings (SSSR count). The molecule has 26 heavy (non-hydrogen) atoms. The number of carbonyl (C=O) groups excluding carboxylic acids is 1. The van der Waals surface area contributed by atoms with Gasteiger partial charge in [-0.3, -0.25) is 9.59 Å². The second-order valence-electron chi connectivity index (χ2n) is 6.12. The molecule has 0 bridgehead atoms. The molecule has 132 valence electrons. The minimum absolute atomic E-state index is 0.0130. The monoisotopic (exact) mass is 353 g/mol. The van der Waals surface area contributed by atoms with Crippen molar-refractivity contribution in [2.75, 3.05) is 20.3 Å². The van der Waals surface area contributed by atoms with Crippen molar-refractivity contribution in [1.29, 1.82) is 0 Å². The first-order valence-electron chi connectivity index (χ1n) is 8.23. The Morgan fingerprint density at radius 1 is 1.15 bits per heavy atom. The van der Waals surface area contributed by atoms with Gasteiger partial charge < -0.3 is 14.1 Å². The lowest BCUT2D eigenvalue weighted by molar-refractivity contribution is 0.0663. The van der Waals surface area contributed by atoms with Crippen LogP contribution in [0.3, 0.4) is 0 Å². The number of hydrogen-bond donors (Lipinski definition) is 0. The molecule has 0 fully saturated rings. The Hall–Kier alpha value is -2.99. The number of ether oxygens (including phenoxy) is 1. The summed E-state index contributed by atoms with van der Waals surface area (Å²) in [5, 5.41) is 0.131. The average Bonchev–Trinajstić information content (AvgIpc) is 2.94. The van der Waals surface area contributed by atoms with Gasteiger partial charge in [-0.25, -0.2) is 4.39 Å². The second-order valence-corrected chi connectivity index (χ2v) is 6.12. The van der Waals surface area contributed by atoms with E-state index in [1.54, 1.807) is 12.0 Å². The van der Waals surface area contributed by atoms with Crippen LogP contribution in [0, 0.1) is 5.82 Å². The highest BCUT2D eigenvalue weighted by Crippen LogP contribution is 2.37. The highest BCUT2D eigenvalue weighted by Gasteiger charge is 2.42. The van der Waals surface area contributed by atoms with Gasteiger partial charge in [-0.15, -0.1) is 0 Å². The molecule has 0 N–H and O–H groups in total. The molecule has 1 aliphatic rings. The molecule has 1 atom stereocenters. The number of rotatable bonds is 4. The summed E-state index contributed by atoms with van der Waals surface area (Å²) in [7, 11) is 1.55. The molecule has 1 aliphatic heterocycles. The summed E-state index contributed by atoms with van der Waals surface area (Å²) in [5.41, 5.74) is 0.848. The molecule has 3 aromatic rings. The SMILES string of the molecule is COCCN1C(=O)c2oc3ccc(F)cc3c(=O)c2C1c1ccccc1. The number of nitrogens with zero attached hydrogens (tertiary/aromatic N) is 1. The zero-order chi connectivity index (χ0) is 18.3. The van der Waals surface area contributed by atoms with Crippen molar-refractivity contribution in [3.8, 4) is 0 Å². The zero-order valence-electron chi connectivity index (χ0n) is 14.1. The van der Waals surface area contributed by atoms with E-state index in [1.807, 2.05) is 30.3 Å². The summed E-state index contributed by atoms with van der Waals surface area (Å²) in [6, 6.07) is 12.4. The lowest BCUT2D eigenvalue weighted by atomic mass is 9.98. The van der Waals surface area contributed by atoms with Gasteiger partial charge in [0.25, 0.3) is 5.91 Å². The molecule has 0 saturated heterocycles. The summed E-state index contributed by atoms with van der Waals surface area (Å²) < 4.78 is 24.5. The van der Waals surface area contributed by atoms with E-state index >= 15 is 0 Å². The van der Waals surface area contributed by atoms with Gasteiger partial charge in [0.1, 0.15) is 11.4 Å². The van der Waals surface area contributed by atoms with Crippen LogP contribution in [0.15, 0.2) is 57.7 Å². The van der Waals surface area contributed by atoms with Crippen molar-refractivity contribution in [3.05, 3.63) is 81.5 Å². The molecule has 1 unspecified atom stereocenters. The van der Waals surface area contributed by atoms with Crippen molar-refractivity contribution in [1.82, 2.24) is 4.90 Å². The van der Waals surface area contributed by atoms with Crippen molar-refractivity contribution in [2.45, 2.75) is 6.04 Å². The molecule has 2 heterocycles. The fourth-order valence-electron chi connectivity index (χ4n) is 3.39. The molecule has 1 amide bonds. The van der Waals surface area contributed by atoms with Gasteiger partial charge in [0.2, 0.25) is 5.76 Å². The maximum atomic E-state index is 13.6. The average molecular weight is 353 g/mol. The molecule has 0 aliphatic carbocycles. The fraction of sp³-hybridized carbons (Fsp3) is 0.200. The van der Waals surface area contributed by atoms with Gasteiger partial charge in [-0.1, -0.05) is 30.3 Å². The van der Waals surface area contributed by atoms with Gasteiger partial charge in [-0.05, 0) is 23.8 Å². The number of halogens is 1. The van der Waals surface area contributed by atoms with Gasteiger partial charge in [0.05, 0.1) is 23.6 Å². The van der Waals surface area contributed by atoms with Crippen molar-refractivity contribution in [3.63, 3.8) is 0 Å². The van der Waals surface area contributed by atoms with E-state index in [0.29, 0.717) is 13.2 Å². The van der Waals surface area contributed by atoms with Gasteiger partial charge in [0.15, 0.2) is 5.43 Å². The Morgan fingerprint density at radius 2 is 1.92 bits per heavy atom. The summed E-state index contributed by atoms with van der Waals surface area (Å²) in [4.78, 5) is 27.6. The maximum Gasteiger partial charge on any atom is 0.290 e. The van der Waals surface area contributed by atoms with Gasteiger partial charge in [-0.2, -0.15) is 0 Å². The number of benzene rings is 2. The van der Waals surface area contributed by atoms with Crippen LogP contribution in [0.25, 0.3) is 11.0 Å². The van der Waals surface area contributed by atoms with Crippen LogP contribution < -0.4 is 5.43 Å². The number of fused-ring (bicyclic) bond motifs is 2. The van der Waals surface area contributed by atoms with Crippen molar-refractivity contribution < 1.29 is 18.3 Å². The molecule has 0 radical (unpaired) electrons. The van der Waals surface area contributed by atoms with E-state index in [-0.39, 0.29) is 33.6 Å². The highest BCUT2D eigenvalue weighted by atomic mass is 19.1. The van der Waals surface area contributed by atoms with Crippen LogP contribution >= 0.6 is 0 Å². The Balaban J connectivity index is 1.98. The van der Waals surface area contributed by atoms with E-state index in [0.717, 1.165) is 11.6 Å². The predicted molar refractivity (Wildman–Crippen MR) is 93.6 cm³/mol. The van der Waals surface area contributed by atoms with E-state index in [2.05, 4.69) is 0 Å². The molecular weight excluding hydrogens is 337 g/mol. The van der Waals surface area contributed by atoms with Crippen LogP contribution in [0.4, 0.5) is 4.39 Å². The first kappa shape index (κ1) is 16.5. The Kier molecular flexibility index (Phi) is 4.05. The van der Waals surface area contributed by atoms with Gasteiger partial charge in [0, 0.05) is 13.7 Å². The summed E-state index contributed by atoms with van der Waals surface area (Å²) in [6.45, 7) is 0.634. The first-order chi connectivity index (χ1) is 12.6. The molecule has 6 heteroatoms. The Labute approximate surface area is 148 Å². The number of amides is 1. The van der Waals surface area contributed by atoms with Crippen LogP contribution in [-0.2, 0) is 4.74 Å². The molecule has 2 aromatic carbocycles. The number of methoxy groups -OCH3 is 1. The Bertz CT molecular complexity index is 1040. The fourth-order valence-corrected chi connectivity index (χ4v) is 3.39. The predicted octanol–water partition coefficient (Wildman–Crippen LogP) is 3.12.